The third-order valence-corrected chi connectivity index (χ3v) is 16.5. The van der Waals surface area contributed by atoms with E-state index in [2.05, 4.69) is 146 Å². The maximum absolute atomic E-state index is 2.68. The van der Waals surface area contributed by atoms with Gasteiger partial charge in [0, 0.05) is 33.3 Å². The van der Waals surface area contributed by atoms with Crippen molar-refractivity contribution in [1.29, 1.82) is 0 Å². The Morgan fingerprint density at radius 1 is 0.481 bits per heavy atom. The smallest absolute Gasteiger partial charge is 0.0465 e. The fourth-order valence-corrected chi connectivity index (χ4v) is 14.3. The van der Waals surface area contributed by atoms with E-state index in [1.54, 1.807) is 22.3 Å². The number of benzene rings is 6. The molecule has 1 nitrogen and oxygen atoms in total. The average molecular weight is 698 g/mol. The minimum atomic E-state index is -0.0627. The minimum Gasteiger partial charge on any atom is -0.310 e. The van der Waals surface area contributed by atoms with Gasteiger partial charge in [-0.25, -0.2) is 0 Å². The molecule has 6 aromatic rings. The number of hydrogen-bond acceptors (Lipinski definition) is 1. The zero-order chi connectivity index (χ0) is 35.6. The van der Waals surface area contributed by atoms with E-state index in [9.17, 15) is 0 Å². The van der Waals surface area contributed by atoms with Gasteiger partial charge in [-0.2, -0.15) is 0 Å². The second-order valence-corrected chi connectivity index (χ2v) is 18.7. The molecule has 5 fully saturated rings. The number of hydrogen-bond donors (Lipinski definition) is 0. The van der Waals surface area contributed by atoms with Crippen LogP contribution in [-0.4, -0.2) is 0 Å². The first-order valence-corrected chi connectivity index (χ1v) is 21.0. The van der Waals surface area contributed by atoms with E-state index in [1.807, 2.05) is 0 Å². The van der Waals surface area contributed by atoms with Crippen molar-refractivity contribution in [2.24, 2.45) is 23.7 Å². The second-order valence-electron chi connectivity index (χ2n) is 18.7. The third kappa shape index (κ3) is 3.50. The molecule has 8 aliphatic carbocycles. The molecule has 0 aliphatic heterocycles. The van der Waals surface area contributed by atoms with Crippen molar-refractivity contribution >= 4 is 17.1 Å². The molecule has 5 unspecified atom stereocenters. The van der Waals surface area contributed by atoms with Crippen LogP contribution in [0.2, 0.25) is 0 Å². The van der Waals surface area contributed by atoms with E-state index in [4.69, 9.17) is 0 Å². The van der Waals surface area contributed by atoms with Crippen molar-refractivity contribution in [1.82, 2.24) is 0 Å². The number of nitrogens with zero attached hydrogens (tertiary/aromatic N) is 1. The van der Waals surface area contributed by atoms with Crippen molar-refractivity contribution < 1.29 is 0 Å². The second kappa shape index (κ2) is 10.2. The standard InChI is InChI=1S/C53H47N/c1-51(2)44-14-6-3-11-38(44)41-22-18-34(29-47(41)51)54(35-19-23-42-39-12-4-7-15-45(39)52(48(42)30-35)25-9-10-26-52)36-20-24-43-40-13-5-8-16-46(40)53(50(43)31-36)33-17-21-37-32(27-33)28-49(37)53/h3-8,11-16,18-20,22-24,29-33,37,49H,9-10,17,21,25-28H2,1-2H3. The molecule has 2 spiro atoms. The van der Waals surface area contributed by atoms with Gasteiger partial charge in [-0.1, -0.05) is 118 Å². The highest BCUT2D eigenvalue weighted by atomic mass is 15.1. The summed E-state index contributed by atoms with van der Waals surface area (Å²) in [7, 11) is 0. The van der Waals surface area contributed by atoms with Gasteiger partial charge in [0.2, 0.25) is 0 Å². The van der Waals surface area contributed by atoms with E-state index >= 15 is 0 Å². The molecule has 54 heavy (non-hydrogen) atoms. The van der Waals surface area contributed by atoms with Gasteiger partial charge in [-0.15, -0.1) is 0 Å². The summed E-state index contributed by atoms with van der Waals surface area (Å²) in [6, 6.07) is 50.5. The van der Waals surface area contributed by atoms with E-state index in [0.717, 1.165) is 23.7 Å². The van der Waals surface area contributed by atoms with Crippen molar-refractivity contribution in [3.8, 4) is 33.4 Å². The monoisotopic (exact) mass is 697 g/mol. The molecular weight excluding hydrogens is 651 g/mol. The molecule has 4 bridgehead atoms. The summed E-state index contributed by atoms with van der Waals surface area (Å²) in [5, 5.41) is 0. The summed E-state index contributed by atoms with van der Waals surface area (Å²) in [6.07, 6.45) is 10.8. The molecule has 0 radical (unpaired) electrons. The lowest BCUT2D eigenvalue weighted by Crippen LogP contribution is -2.62. The molecule has 0 heterocycles. The summed E-state index contributed by atoms with van der Waals surface area (Å²) in [5.74, 6) is 3.39. The van der Waals surface area contributed by atoms with Crippen LogP contribution in [0.1, 0.15) is 98.6 Å². The molecular formula is C53H47N. The Morgan fingerprint density at radius 3 is 1.65 bits per heavy atom. The molecule has 14 rings (SSSR count). The molecule has 5 atom stereocenters. The molecule has 8 aliphatic rings. The minimum absolute atomic E-state index is 0.0627. The number of anilines is 3. The van der Waals surface area contributed by atoms with Gasteiger partial charge in [-0.3, -0.25) is 0 Å². The Labute approximate surface area is 320 Å². The van der Waals surface area contributed by atoms with Crippen LogP contribution >= 0.6 is 0 Å². The maximum atomic E-state index is 2.68. The Hall–Kier alpha value is -4.88. The van der Waals surface area contributed by atoms with Crippen LogP contribution in [0.15, 0.2) is 127 Å². The lowest BCUT2D eigenvalue weighted by Gasteiger charge is -2.67. The Balaban J connectivity index is 1.04. The SMILES string of the molecule is CC1(C)c2ccccc2-c2ccc(N(c3ccc4c(c3)C3(CCCC3)c3ccccc3-4)c3ccc4c(c3)C3(c5ccccc5-4)C4CCC5C(C4)CC53)cc21. The van der Waals surface area contributed by atoms with Gasteiger partial charge in [0.1, 0.15) is 0 Å². The largest absolute Gasteiger partial charge is 0.310 e. The van der Waals surface area contributed by atoms with Crippen LogP contribution < -0.4 is 4.90 Å². The van der Waals surface area contributed by atoms with E-state index < -0.39 is 0 Å². The summed E-state index contributed by atoms with van der Waals surface area (Å²) in [4.78, 5) is 2.65. The molecule has 0 saturated heterocycles. The lowest BCUT2D eigenvalue weighted by molar-refractivity contribution is -0.123. The van der Waals surface area contributed by atoms with Crippen LogP contribution in [0.5, 0.6) is 0 Å². The Morgan fingerprint density at radius 2 is 1.00 bits per heavy atom. The van der Waals surface area contributed by atoms with E-state index in [-0.39, 0.29) is 16.2 Å². The zero-order valence-electron chi connectivity index (χ0n) is 31.5. The predicted octanol–water partition coefficient (Wildman–Crippen LogP) is 13.6. The first kappa shape index (κ1) is 30.4. The van der Waals surface area contributed by atoms with Gasteiger partial charge in [0.15, 0.2) is 0 Å². The van der Waals surface area contributed by atoms with Crippen molar-refractivity contribution in [3.05, 3.63) is 161 Å². The van der Waals surface area contributed by atoms with Crippen LogP contribution in [0.25, 0.3) is 33.4 Å². The molecule has 5 saturated carbocycles. The lowest BCUT2D eigenvalue weighted by atomic mass is 9.36. The molecule has 1 heteroatoms. The summed E-state index contributed by atoms with van der Waals surface area (Å²) < 4.78 is 0. The van der Waals surface area contributed by atoms with Gasteiger partial charge < -0.3 is 4.90 Å². The predicted molar refractivity (Wildman–Crippen MR) is 222 cm³/mol. The van der Waals surface area contributed by atoms with E-state index in [0.29, 0.717) is 0 Å². The maximum Gasteiger partial charge on any atom is 0.0465 e. The fourth-order valence-electron chi connectivity index (χ4n) is 14.3. The van der Waals surface area contributed by atoms with E-state index in [1.165, 1.54) is 113 Å². The normalized spacial score (nSPS) is 27.2. The summed E-state index contributed by atoms with van der Waals surface area (Å²) >= 11 is 0. The number of rotatable bonds is 3. The van der Waals surface area contributed by atoms with Gasteiger partial charge in [-0.05, 0) is 165 Å². The highest BCUT2D eigenvalue weighted by Crippen LogP contribution is 2.74. The third-order valence-electron chi connectivity index (χ3n) is 16.5. The average Bonchev–Trinajstić information content (AvgIpc) is 3.93. The highest BCUT2D eigenvalue weighted by Gasteiger charge is 2.67. The van der Waals surface area contributed by atoms with Crippen molar-refractivity contribution in [3.63, 3.8) is 0 Å². The molecule has 0 aromatic heterocycles. The Bertz CT molecular complexity index is 2590. The summed E-state index contributed by atoms with van der Waals surface area (Å²) in [5.41, 5.74) is 22.0. The fraction of sp³-hybridized carbons (Fsp3) is 0.321. The molecule has 6 aromatic carbocycles. The number of fused-ring (bicyclic) bond motifs is 12. The van der Waals surface area contributed by atoms with Crippen LogP contribution in [0, 0.1) is 23.7 Å². The first-order chi connectivity index (χ1) is 26.5. The Kier molecular flexibility index (Phi) is 5.78. The van der Waals surface area contributed by atoms with Crippen LogP contribution in [-0.2, 0) is 16.2 Å². The molecule has 0 amide bonds. The summed E-state index contributed by atoms with van der Waals surface area (Å²) in [6.45, 7) is 4.84. The van der Waals surface area contributed by atoms with Gasteiger partial charge >= 0.3 is 0 Å². The molecule has 264 valence electrons. The van der Waals surface area contributed by atoms with Gasteiger partial charge in [0.05, 0.1) is 0 Å². The quantitative estimate of drug-likeness (QED) is 0.178. The topological polar surface area (TPSA) is 3.24 Å². The first-order valence-electron chi connectivity index (χ1n) is 21.0. The highest BCUT2D eigenvalue weighted by molar-refractivity contribution is 5.91. The van der Waals surface area contributed by atoms with Crippen LogP contribution in [0.4, 0.5) is 17.1 Å². The van der Waals surface area contributed by atoms with Crippen LogP contribution in [0.3, 0.4) is 0 Å². The molecule has 0 N–H and O–H groups in total. The zero-order valence-corrected chi connectivity index (χ0v) is 31.5. The van der Waals surface area contributed by atoms with Crippen molar-refractivity contribution in [2.45, 2.75) is 81.5 Å². The van der Waals surface area contributed by atoms with Gasteiger partial charge in [0.25, 0.3) is 0 Å². The van der Waals surface area contributed by atoms with Crippen molar-refractivity contribution in [2.75, 3.05) is 4.90 Å².